The van der Waals surface area contributed by atoms with Crippen LogP contribution in [-0.4, -0.2) is 13.2 Å². The number of halogens is 1. The Bertz CT molecular complexity index is 473. The molecule has 1 aromatic heterocycles. The third-order valence-electron chi connectivity index (χ3n) is 2.86. The van der Waals surface area contributed by atoms with Crippen molar-refractivity contribution in [3.63, 3.8) is 0 Å². The molecule has 1 aliphatic rings. The molecule has 2 nitrogen and oxygen atoms in total. The van der Waals surface area contributed by atoms with Crippen LogP contribution in [0.3, 0.4) is 0 Å². The standard InChI is InChI=1S/C12H11ClO2/c1-7-2-11-8(3-10(7)13)4-12(15-11)9-5-14-6-9/h2-4,9H,5-6H2,1H3. The molecule has 1 aromatic carbocycles. The molecule has 1 fully saturated rings. The summed E-state index contributed by atoms with van der Waals surface area (Å²) in [4.78, 5) is 0. The molecule has 0 aliphatic carbocycles. The summed E-state index contributed by atoms with van der Waals surface area (Å²) >= 11 is 6.06. The van der Waals surface area contributed by atoms with Crippen molar-refractivity contribution >= 4 is 22.6 Å². The Morgan fingerprint density at radius 1 is 1.27 bits per heavy atom. The van der Waals surface area contributed by atoms with Crippen molar-refractivity contribution in [3.05, 3.63) is 34.5 Å². The fraction of sp³-hybridized carbons (Fsp3) is 0.333. The van der Waals surface area contributed by atoms with E-state index in [-0.39, 0.29) is 0 Å². The van der Waals surface area contributed by atoms with Crippen LogP contribution in [-0.2, 0) is 4.74 Å². The summed E-state index contributed by atoms with van der Waals surface area (Å²) in [6.45, 7) is 3.52. The molecule has 0 amide bonds. The average Bonchev–Trinajstić information content (AvgIpc) is 2.45. The van der Waals surface area contributed by atoms with Crippen LogP contribution in [0.15, 0.2) is 22.6 Å². The van der Waals surface area contributed by atoms with E-state index in [1.54, 1.807) is 0 Å². The van der Waals surface area contributed by atoms with Crippen molar-refractivity contribution < 1.29 is 9.15 Å². The SMILES string of the molecule is Cc1cc2oc(C3COC3)cc2cc1Cl. The van der Waals surface area contributed by atoms with Gasteiger partial charge >= 0.3 is 0 Å². The van der Waals surface area contributed by atoms with Crippen LogP contribution >= 0.6 is 11.6 Å². The van der Waals surface area contributed by atoms with Gasteiger partial charge in [0.05, 0.1) is 19.1 Å². The Balaban J connectivity index is 2.12. The van der Waals surface area contributed by atoms with Crippen LogP contribution in [0.25, 0.3) is 11.0 Å². The fourth-order valence-corrected chi connectivity index (χ4v) is 1.95. The highest BCUT2D eigenvalue weighted by Gasteiger charge is 2.24. The maximum atomic E-state index is 6.06. The largest absolute Gasteiger partial charge is 0.461 e. The number of furan rings is 1. The van der Waals surface area contributed by atoms with Gasteiger partial charge in [0.1, 0.15) is 11.3 Å². The summed E-state index contributed by atoms with van der Waals surface area (Å²) in [5.41, 5.74) is 1.97. The highest BCUT2D eigenvalue weighted by atomic mass is 35.5. The Morgan fingerprint density at radius 3 is 2.73 bits per heavy atom. The second-order valence-electron chi connectivity index (χ2n) is 4.02. The Hall–Kier alpha value is -0.990. The quantitative estimate of drug-likeness (QED) is 0.737. The van der Waals surface area contributed by atoms with Crippen molar-refractivity contribution in [2.45, 2.75) is 12.8 Å². The molecule has 0 radical (unpaired) electrons. The Labute approximate surface area is 92.8 Å². The van der Waals surface area contributed by atoms with Crippen LogP contribution in [0.1, 0.15) is 17.2 Å². The maximum absolute atomic E-state index is 6.06. The summed E-state index contributed by atoms with van der Waals surface area (Å²) in [5, 5.41) is 1.87. The maximum Gasteiger partial charge on any atom is 0.134 e. The highest BCUT2D eigenvalue weighted by Crippen LogP contribution is 2.32. The second-order valence-corrected chi connectivity index (χ2v) is 4.43. The van der Waals surface area contributed by atoms with E-state index in [1.165, 1.54) is 0 Å². The van der Waals surface area contributed by atoms with Gasteiger partial charge in [-0.1, -0.05) is 11.6 Å². The first-order valence-corrected chi connectivity index (χ1v) is 5.39. The van der Waals surface area contributed by atoms with E-state index in [0.717, 1.165) is 40.5 Å². The third kappa shape index (κ3) is 1.45. The monoisotopic (exact) mass is 222 g/mol. The predicted molar refractivity (Wildman–Crippen MR) is 59.5 cm³/mol. The molecular weight excluding hydrogens is 212 g/mol. The number of benzene rings is 1. The normalized spacial score (nSPS) is 16.9. The minimum atomic E-state index is 0.427. The van der Waals surface area contributed by atoms with Gasteiger partial charge in [0.15, 0.2) is 0 Å². The van der Waals surface area contributed by atoms with Gasteiger partial charge < -0.3 is 9.15 Å². The molecular formula is C12H11ClO2. The summed E-state index contributed by atoms with van der Waals surface area (Å²) in [6.07, 6.45) is 0. The summed E-state index contributed by atoms with van der Waals surface area (Å²) < 4.78 is 10.9. The second kappa shape index (κ2) is 3.26. The van der Waals surface area contributed by atoms with Gasteiger partial charge in [0, 0.05) is 10.4 Å². The minimum Gasteiger partial charge on any atom is -0.461 e. The fourth-order valence-electron chi connectivity index (χ4n) is 1.78. The van der Waals surface area contributed by atoms with Crippen molar-refractivity contribution in [2.75, 3.05) is 13.2 Å². The Morgan fingerprint density at radius 2 is 2.07 bits per heavy atom. The van der Waals surface area contributed by atoms with Gasteiger partial charge in [-0.05, 0) is 30.7 Å². The Kier molecular flexibility index (Phi) is 2.01. The van der Waals surface area contributed by atoms with Crippen LogP contribution in [0.4, 0.5) is 0 Å². The zero-order chi connectivity index (χ0) is 10.4. The number of rotatable bonds is 1. The van der Waals surface area contributed by atoms with Gasteiger partial charge in [-0.2, -0.15) is 0 Å². The molecule has 15 heavy (non-hydrogen) atoms. The number of ether oxygens (including phenoxy) is 1. The summed E-state index contributed by atoms with van der Waals surface area (Å²) in [5.74, 6) is 1.44. The molecule has 3 rings (SSSR count). The first-order valence-electron chi connectivity index (χ1n) is 5.01. The number of fused-ring (bicyclic) bond motifs is 1. The molecule has 0 N–H and O–H groups in total. The lowest BCUT2D eigenvalue weighted by atomic mass is 10.1. The molecule has 0 unspecified atom stereocenters. The first kappa shape index (κ1) is 9.25. The van der Waals surface area contributed by atoms with Crippen molar-refractivity contribution in [2.24, 2.45) is 0 Å². The van der Waals surface area contributed by atoms with E-state index in [1.807, 2.05) is 19.1 Å². The van der Waals surface area contributed by atoms with Crippen molar-refractivity contribution in [3.8, 4) is 0 Å². The molecule has 0 saturated carbocycles. The van der Waals surface area contributed by atoms with Crippen molar-refractivity contribution in [1.29, 1.82) is 0 Å². The average molecular weight is 223 g/mol. The lowest BCUT2D eigenvalue weighted by molar-refractivity contribution is 0.000474. The molecule has 0 bridgehead atoms. The van der Waals surface area contributed by atoms with Crippen LogP contribution in [0.2, 0.25) is 5.02 Å². The number of hydrogen-bond donors (Lipinski definition) is 0. The zero-order valence-corrected chi connectivity index (χ0v) is 9.17. The minimum absolute atomic E-state index is 0.427. The van der Waals surface area contributed by atoms with Crippen molar-refractivity contribution in [1.82, 2.24) is 0 Å². The van der Waals surface area contributed by atoms with Gasteiger partial charge in [-0.3, -0.25) is 0 Å². The molecule has 0 spiro atoms. The molecule has 2 heterocycles. The number of hydrogen-bond acceptors (Lipinski definition) is 2. The van der Waals surface area contributed by atoms with Gasteiger partial charge in [-0.25, -0.2) is 0 Å². The van der Waals surface area contributed by atoms with E-state index in [4.69, 9.17) is 20.8 Å². The summed E-state index contributed by atoms with van der Waals surface area (Å²) in [7, 11) is 0. The van der Waals surface area contributed by atoms with E-state index < -0.39 is 0 Å². The molecule has 1 aliphatic heterocycles. The lowest BCUT2D eigenvalue weighted by Crippen LogP contribution is -2.24. The zero-order valence-electron chi connectivity index (χ0n) is 8.42. The molecule has 3 heteroatoms. The predicted octanol–water partition coefficient (Wildman–Crippen LogP) is 3.51. The topological polar surface area (TPSA) is 22.4 Å². The third-order valence-corrected chi connectivity index (χ3v) is 3.26. The first-order chi connectivity index (χ1) is 7.24. The van der Waals surface area contributed by atoms with Gasteiger partial charge in [0.25, 0.3) is 0 Å². The smallest absolute Gasteiger partial charge is 0.134 e. The summed E-state index contributed by atoms with van der Waals surface area (Å²) in [6, 6.07) is 6.01. The van der Waals surface area contributed by atoms with Gasteiger partial charge in [0.2, 0.25) is 0 Å². The molecule has 1 saturated heterocycles. The van der Waals surface area contributed by atoms with E-state index in [9.17, 15) is 0 Å². The lowest BCUT2D eigenvalue weighted by Gasteiger charge is -2.23. The molecule has 0 atom stereocenters. The van der Waals surface area contributed by atoms with E-state index in [2.05, 4.69) is 6.07 Å². The molecule has 2 aromatic rings. The van der Waals surface area contributed by atoms with Crippen LogP contribution in [0.5, 0.6) is 0 Å². The number of aryl methyl sites for hydroxylation is 1. The molecule has 78 valence electrons. The van der Waals surface area contributed by atoms with Crippen LogP contribution in [0, 0.1) is 6.92 Å². The van der Waals surface area contributed by atoms with E-state index >= 15 is 0 Å². The van der Waals surface area contributed by atoms with Gasteiger partial charge in [-0.15, -0.1) is 0 Å². The highest BCUT2D eigenvalue weighted by molar-refractivity contribution is 6.32. The van der Waals surface area contributed by atoms with Crippen LogP contribution < -0.4 is 0 Å². The van der Waals surface area contributed by atoms with E-state index in [0.29, 0.717) is 5.92 Å².